The first kappa shape index (κ1) is 14.5. The molecule has 0 N–H and O–H groups in total. The molecule has 0 spiro atoms. The molecular formula is C12H18ClNO2S. The fraction of sp³-hybridized carbons (Fsp3) is 0.500. The molecule has 0 atom stereocenters. The Morgan fingerprint density at radius 2 is 2.00 bits per heavy atom. The van der Waals surface area contributed by atoms with Gasteiger partial charge >= 0.3 is 0 Å². The van der Waals surface area contributed by atoms with E-state index in [1.165, 1.54) is 4.31 Å². The van der Waals surface area contributed by atoms with Crippen molar-refractivity contribution in [3.8, 4) is 0 Å². The van der Waals surface area contributed by atoms with E-state index in [0.717, 1.165) is 12.0 Å². The second-order valence-corrected chi connectivity index (χ2v) is 6.23. The number of sulfonamides is 1. The third kappa shape index (κ3) is 3.69. The van der Waals surface area contributed by atoms with E-state index in [1.807, 2.05) is 19.9 Å². The van der Waals surface area contributed by atoms with E-state index in [1.54, 1.807) is 18.2 Å². The van der Waals surface area contributed by atoms with E-state index >= 15 is 0 Å². The highest BCUT2D eigenvalue weighted by molar-refractivity contribution is 7.89. The summed E-state index contributed by atoms with van der Waals surface area (Å²) >= 11 is 5.65. The van der Waals surface area contributed by atoms with Crippen molar-refractivity contribution in [1.29, 1.82) is 0 Å². The summed E-state index contributed by atoms with van der Waals surface area (Å²) in [4.78, 5) is 0.344. The molecule has 0 unspecified atom stereocenters. The van der Waals surface area contributed by atoms with E-state index < -0.39 is 10.0 Å². The van der Waals surface area contributed by atoms with E-state index in [9.17, 15) is 8.42 Å². The van der Waals surface area contributed by atoms with Crippen molar-refractivity contribution in [2.24, 2.45) is 0 Å². The first-order chi connectivity index (χ1) is 8.02. The zero-order valence-electron chi connectivity index (χ0n) is 10.2. The van der Waals surface area contributed by atoms with Gasteiger partial charge in [-0.05, 0) is 31.0 Å². The zero-order valence-corrected chi connectivity index (χ0v) is 11.8. The molecule has 1 aromatic carbocycles. The lowest BCUT2D eigenvalue weighted by atomic mass is 10.2. The molecule has 5 heteroatoms. The van der Waals surface area contributed by atoms with Crippen LogP contribution in [-0.4, -0.2) is 31.7 Å². The van der Waals surface area contributed by atoms with Gasteiger partial charge in [-0.15, -0.1) is 11.6 Å². The lowest BCUT2D eigenvalue weighted by Crippen LogP contribution is -2.33. The summed E-state index contributed by atoms with van der Waals surface area (Å²) in [6, 6.07) is 6.95. The van der Waals surface area contributed by atoms with Gasteiger partial charge in [-0.25, -0.2) is 8.42 Å². The normalized spacial score (nSPS) is 12.0. The largest absolute Gasteiger partial charge is 0.243 e. The van der Waals surface area contributed by atoms with Crippen molar-refractivity contribution in [2.75, 3.05) is 19.0 Å². The molecule has 0 radical (unpaired) electrons. The summed E-state index contributed by atoms with van der Waals surface area (Å²) in [6.45, 7) is 4.69. The molecule has 0 amide bonds. The molecular weight excluding hydrogens is 258 g/mol. The van der Waals surface area contributed by atoms with Crippen molar-refractivity contribution >= 4 is 21.6 Å². The molecule has 3 nitrogen and oxygen atoms in total. The Morgan fingerprint density at radius 1 is 1.29 bits per heavy atom. The molecule has 0 aliphatic carbocycles. The fourth-order valence-electron chi connectivity index (χ4n) is 1.62. The van der Waals surface area contributed by atoms with Crippen molar-refractivity contribution in [3.63, 3.8) is 0 Å². The summed E-state index contributed by atoms with van der Waals surface area (Å²) in [5.41, 5.74) is 0.938. The van der Waals surface area contributed by atoms with Gasteiger partial charge in [0, 0.05) is 19.0 Å². The van der Waals surface area contributed by atoms with Gasteiger partial charge in [-0.3, -0.25) is 0 Å². The summed E-state index contributed by atoms with van der Waals surface area (Å²) in [6.07, 6.45) is 0.780. The smallest absolute Gasteiger partial charge is 0.207 e. The second-order valence-electron chi connectivity index (χ2n) is 3.91. The van der Waals surface area contributed by atoms with Crippen LogP contribution in [0.4, 0.5) is 0 Å². The molecule has 96 valence electrons. The fourth-order valence-corrected chi connectivity index (χ4v) is 3.56. The van der Waals surface area contributed by atoms with Gasteiger partial charge in [0.2, 0.25) is 10.0 Å². The Kier molecular flexibility index (Phi) is 5.43. The number of nitrogens with zero attached hydrogens (tertiary/aromatic N) is 1. The molecule has 1 rings (SSSR count). The highest BCUT2D eigenvalue weighted by Crippen LogP contribution is 2.17. The maximum absolute atomic E-state index is 12.3. The molecule has 0 heterocycles. The summed E-state index contributed by atoms with van der Waals surface area (Å²) in [5.74, 6) is 0.311. The van der Waals surface area contributed by atoms with Crippen LogP contribution < -0.4 is 0 Å². The number of halogens is 1. The molecule has 0 aromatic heterocycles. The predicted octanol–water partition coefficient (Wildman–Crippen LogP) is 2.63. The van der Waals surface area contributed by atoms with Crippen LogP contribution in [-0.2, 0) is 10.0 Å². The van der Waals surface area contributed by atoms with Crippen molar-refractivity contribution < 1.29 is 8.42 Å². The average Bonchev–Trinajstić information content (AvgIpc) is 2.29. The van der Waals surface area contributed by atoms with Gasteiger partial charge in [0.25, 0.3) is 0 Å². The quantitative estimate of drug-likeness (QED) is 0.749. The molecule has 0 saturated carbocycles. The molecule has 0 fully saturated rings. The number of rotatable bonds is 6. The number of hydrogen-bond donors (Lipinski definition) is 0. The van der Waals surface area contributed by atoms with Crippen LogP contribution in [0.5, 0.6) is 0 Å². The molecule has 17 heavy (non-hydrogen) atoms. The van der Waals surface area contributed by atoms with Crippen LogP contribution in [0, 0.1) is 6.92 Å². The predicted molar refractivity (Wildman–Crippen MR) is 70.9 cm³/mol. The SMILES string of the molecule is CCCN(CCCl)S(=O)(=O)c1cccc(C)c1. The maximum Gasteiger partial charge on any atom is 0.243 e. The lowest BCUT2D eigenvalue weighted by molar-refractivity contribution is 0.428. The first-order valence-corrected chi connectivity index (χ1v) is 7.62. The summed E-state index contributed by atoms with van der Waals surface area (Å²) in [5, 5.41) is 0. The van der Waals surface area contributed by atoms with Crippen LogP contribution >= 0.6 is 11.6 Å². The first-order valence-electron chi connectivity index (χ1n) is 5.65. The minimum atomic E-state index is -3.40. The minimum Gasteiger partial charge on any atom is -0.207 e. The van der Waals surface area contributed by atoms with Gasteiger partial charge in [0.15, 0.2) is 0 Å². The minimum absolute atomic E-state index is 0.311. The van der Waals surface area contributed by atoms with Gasteiger partial charge in [-0.2, -0.15) is 4.31 Å². The molecule has 0 aliphatic rings. The van der Waals surface area contributed by atoms with Gasteiger partial charge < -0.3 is 0 Å². The monoisotopic (exact) mass is 275 g/mol. The van der Waals surface area contributed by atoms with Crippen LogP contribution in [0.2, 0.25) is 0 Å². The summed E-state index contributed by atoms with van der Waals surface area (Å²) < 4.78 is 26.1. The Labute approximate surface area is 108 Å². The van der Waals surface area contributed by atoms with Crippen molar-refractivity contribution in [3.05, 3.63) is 29.8 Å². The maximum atomic E-state index is 12.3. The molecule has 0 bridgehead atoms. The van der Waals surface area contributed by atoms with Gasteiger partial charge in [0.1, 0.15) is 0 Å². The highest BCUT2D eigenvalue weighted by atomic mass is 35.5. The Bertz CT molecular complexity index is 453. The van der Waals surface area contributed by atoms with Gasteiger partial charge in [0.05, 0.1) is 4.90 Å². The van der Waals surface area contributed by atoms with E-state index in [0.29, 0.717) is 23.9 Å². The topological polar surface area (TPSA) is 37.4 Å². The van der Waals surface area contributed by atoms with E-state index in [2.05, 4.69) is 0 Å². The van der Waals surface area contributed by atoms with Crippen molar-refractivity contribution in [1.82, 2.24) is 4.31 Å². The molecule has 1 aromatic rings. The third-order valence-corrected chi connectivity index (χ3v) is 4.50. The Hall–Kier alpha value is -0.580. The number of benzene rings is 1. The van der Waals surface area contributed by atoms with Crippen LogP contribution in [0.25, 0.3) is 0 Å². The average molecular weight is 276 g/mol. The number of alkyl halides is 1. The van der Waals surface area contributed by atoms with Crippen LogP contribution in [0.3, 0.4) is 0 Å². The van der Waals surface area contributed by atoms with Crippen LogP contribution in [0.15, 0.2) is 29.2 Å². The number of aryl methyl sites for hydroxylation is 1. The second kappa shape index (κ2) is 6.38. The van der Waals surface area contributed by atoms with Gasteiger partial charge in [-0.1, -0.05) is 19.1 Å². The molecule has 0 saturated heterocycles. The zero-order chi connectivity index (χ0) is 12.9. The Balaban J connectivity index is 3.07. The lowest BCUT2D eigenvalue weighted by Gasteiger charge is -2.20. The standard InChI is InChI=1S/C12H18ClNO2S/c1-3-8-14(9-7-13)17(15,16)12-6-4-5-11(2)10-12/h4-6,10H,3,7-9H2,1-2H3. The Morgan fingerprint density at radius 3 is 2.53 bits per heavy atom. The molecule has 0 aliphatic heterocycles. The summed E-state index contributed by atoms with van der Waals surface area (Å²) in [7, 11) is -3.40. The van der Waals surface area contributed by atoms with Crippen LogP contribution in [0.1, 0.15) is 18.9 Å². The number of hydrogen-bond acceptors (Lipinski definition) is 2. The van der Waals surface area contributed by atoms with E-state index in [4.69, 9.17) is 11.6 Å². The van der Waals surface area contributed by atoms with Crippen molar-refractivity contribution in [2.45, 2.75) is 25.2 Å². The van der Waals surface area contributed by atoms with E-state index in [-0.39, 0.29) is 0 Å². The highest BCUT2D eigenvalue weighted by Gasteiger charge is 2.22. The third-order valence-electron chi connectivity index (χ3n) is 2.43.